The molecule has 0 radical (unpaired) electrons. The standard InChI is InChI=1S/C12H10F5NO/c13-8-2-1-7(5-9(8)14)10(19)11(12(15,16)17)3-4-18-6-11/h1-2,5,18H,3-4,6H2. The fourth-order valence-corrected chi connectivity index (χ4v) is 2.17. The molecule has 0 bridgehead atoms. The summed E-state index contributed by atoms with van der Waals surface area (Å²) in [7, 11) is 0. The maximum atomic E-state index is 13.1. The van der Waals surface area contributed by atoms with Gasteiger partial charge in [-0.05, 0) is 31.2 Å². The van der Waals surface area contributed by atoms with Crippen molar-refractivity contribution in [1.82, 2.24) is 5.32 Å². The average Bonchev–Trinajstić information content (AvgIpc) is 2.81. The van der Waals surface area contributed by atoms with Gasteiger partial charge in [-0.3, -0.25) is 4.79 Å². The number of benzene rings is 1. The minimum Gasteiger partial charge on any atom is -0.315 e. The minimum atomic E-state index is -4.74. The molecule has 1 N–H and O–H groups in total. The number of ketones is 1. The highest BCUT2D eigenvalue weighted by Gasteiger charge is 2.61. The molecule has 1 aliphatic heterocycles. The first-order valence-electron chi connectivity index (χ1n) is 5.55. The molecule has 1 heterocycles. The largest absolute Gasteiger partial charge is 0.402 e. The predicted molar refractivity (Wildman–Crippen MR) is 56.7 cm³/mol. The first-order valence-corrected chi connectivity index (χ1v) is 5.55. The van der Waals surface area contributed by atoms with Crippen molar-refractivity contribution in [3.63, 3.8) is 0 Å². The Bertz CT molecular complexity index is 505. The summed E-state index contributed by atoms with van der Waals surface area (Å²) in [5, 5.41) is 2.49. The van der Waals surface area contributed by atoms with E-state index in [1.165, 1.54) is 0 Å². The van der Waals surface area contributed by atoms with E-state index in [4.69, 9.17) is 0 Å². The van der Waals surface area contributed by atoms with Gasteiger partial charge in [-0.25, -0.2) is 8.78 Å². The number of hydrogen-bond donors (Lipinski definition) is 1. The van der Waals surface area contributed by atoms with E-state index in [0.29, 0.717) is 12.1 Å². The molecule has 104 valence electrons. The SMILES string of the molecule is O=C(c1ccc(F)c(F)c1)C1(C(F)(F)F)CCNC1. The van der Waals surface area contributed by atoms with Crippen LogP contribution in [-0.2, 0) is 0 Å². The second-order valence-corrected chi connectivity index (χ2v) is 4.46. The summed E-state index contributed by atoms with van der Waals surface area (Å²) in [6.45, 7) is -0.497. The molecular formula is C12H10F5NO. The van der Waals surface area contributed by atoms with E-state index < -0.39 is 47.5 Å². The van der Waals surface area contributed by atoms with Crippen molar-refractivity contribution in [2.75, 3.05) is 13.1 Å². The normalized spacial score (nSPS) is 23.6. The highest BCUT2D eigenvalue weighted by atomic mass is 19.4. The van der Waals surface area contributed by atoms with E-state index in [-0.39, 0.29) is 6.54 Å². The van der Waals surface area contributed by atoms with Gasteiger partial charge in [0.15, 0.2) is 17.4 Å². The summed E-state index contributed by atoms with van der Waals surface area (Å²) in [5.41, 5.74) is -3.03. The maximum Gasteiger partial charge on any atom is 0.402 e. The predicted octanol–water partition coefficient (Wildman–Crippen LogP) is 2.69. The Balaban J connectivity index is 2.43. The molecule has 1 aliphatic rings. The third-order valence-corrected chi connectivity index (χ3v) is 3.31. The number of hydrogen-bond acceptors (Lipinski definition) is 2. The van der Waals surface area contributed by atoms with Crippen molar-refractivity contribution >= 4 is 5.78 Å². The van der Waals surface area contributed by atoms with Gasteiger partial charge < -0.3 is 5.32 Å². The lowest BCUT2D eigenvalue weighted by Crippen LogP contribution is -2.46. The number of halogens is 5. The van der Waals surface area contributed by atoms with Crippen molar-refractivity contribution in [3.05, 3.63) is 35.4 Å². The smallest absolute Gasteiger partial charge is 0.315 e. The summed E-state index contributed by atoms with van der Waals surface area (Å²) in [5.74, 6) is -3.78. The van der Waals surface area contributed by atoms with Gasteiger partial charge in [0.1, 0.15) is 5.41 Å². The molecule has 1 atom stereocenters. The van der Waals surface area contributed by atoms with Crippen LogP contribution < -0.4 is 5.32 Å². The van der Waals surface area contributed by atoms with Crippen molar-refractivity contribution < 1.29 is 26.7 Å². The van der Waals surface area contributed by atoms with Crippen LogP contribution in [0.3, 0.4) is 0 Å². The third kappa shape index (κ3) is 2.22. The van der Waals surface area contributed by atoms with Gasteiger partial charge >= 0.3 is 6.18 Å². The van der Waals surface area contributed by atoms with Gasteiger partial charge in [0.05, 0.1) is 0 Å². The molecule has 0 aliphatic carbocycles. The summed E-state index contributed by atoms with van der Waals surface area (Å²) in [4.78, 5) is 12.0. The van der Waals surface area contributed by atoms with Crippen LogP contribution in [0.4, 0.5) is 22.0 Å². The van der Waals surface area contributed by atoms with Crippen LogP contribution >= 0.6 is 0 Å². The Morgan fingerprint density at radius 2 is 1.89 bits per heavy atom. The number of alkyl halides is 3. The molecule has 0 aromatic heterocycles. The van der Waals surface area contributed by atoms with Gasteiger partial charge in [0, 0.05) is 12.1 Å². The average molecular weight is 279 g/mol. The number of rotatable bonds is 2. The first kappa shape index (κ1) is 13.9. The molecule has 1 aromatic carbocycles. The highest BCUT2D eigenvalue weighted by Crippen LogP contribution is 2.45. The lowest BCUT2D eigenvalue weighted by Gasteiger charge is -2.29. The molecule has 2 rings (SSSR count). The van der Waals surface area contributed by atoms with Gasteiger partial charge in [-0.15, -0.1) is 0 Å². The second kappa shape index (κ2) is 4.56. The molecule has 1 unspecified atom stereocenters. The summed E-state index contributed by atoms with van der Waals surface area (Å²) in [6, 6.07) is 2.02. The van der Waals surface area contributed by atoms with Gasteiger partial charge in [0.2, 0.25) is 0 Å². The Kier molecular flexibility index (Phi) is 3.34. The number of Topliss-reactive ketones (excluding diaryl/α,β-unsaturated/α-hetero) is 1. The minimum absolute atomic E-state index is 0.0505. The third-order valence-electron chi connectivity index (χ3n) is 3.31. The van der Waals surface area contributed by atoms with Crippen molar-refractivity contribution in [2.24, 2.45) is 5.41 Å². The van der Waals surface area contributed by atoms with Crippen molar-refractivity contribution in [3.8, 4) is 0 Å². The molecule has 0 saturated carbocycles. The van der Waals surface area contributed by atoms with E-state index in [1.54, 1.807) is 0 Å². The zero-order valence-corrected chi connectivity index (χ0v) is 9.65. The number of carbonyl (C=O) groups excluding carboxylic acids is 1. The van der Waals surface area contributed by atoms with Crippen LogP contribution in [0.1, 0.15) is 16.8 Å². The van der Waals surface area contributed by atoms with E-state index in [9.17, 15) is 26.7 Å². The Morgan fingerprint density at radius 3 is 2.37 bits per heavy atom. The van der Waals surface area contributed by atoms with E-state index >= 15 is 0 Å². The molecule has 1 aromatic rings. The zero-order chi connectivity index (χ0) is 14.3. The summed E-state index contributed by atoms with van der Waals surface area (Å²) >= 11 is 0. The molecule has 0 spiro atoms. The Morgan fingerprint density at radius 1 is 1.21 bits per heavy atom. The van der Waals surface area contributed by atoms with Crippen LogP contribution in [0, 0.1) is 17.0 Å². The Hall–Kier alpha value is -1.50. The topological polar surface area (TPSA) is 29.1 Å². The van der Waals surface area contributed by atoms with Crippen LogP contribution in [-0.4, -0.2) is 25.0 Å². The number of nitrogens with one attached hydrogen (secondary N) is 1. The molecule has 2 nitrogen and oxygen atoms in total. The fourth-order valence-electron chi connectivity index (χ4n) is 2.17. The van der Waals surface area contributed by atoms with E-state index in [2.05, 4.69) is 5.32 Å². The summed E-state index contributed by atoms with van der Waals surface area (Å²) < 4.78 is 65.1. The molecule has 1 fully saturated rings. The zero-order valence-electron chi connectivity index (χ0n) is 9.65. The molecule has 7 heteroatoms. The number of carbonyl (C=O) groups is 1. The van der Waals surface area contributed by atoms with Crippen molar-refractivity contribution in [1.29, 1.82) is 0 Å². The van der Waals surface area contributed by atoms with Crippen LogP contribution in [0.25, 0.3) is 0 Å². The lowest BCUT2D eigenvalue weighted by atomic mass is 9.78. The highest BCUT2D eigenvalue weighted by molar-refractivity contribution is 6.01. The Labute approximate surface area is 105 Å². The van der Waals surface area contributed by atoms with Crippen LogP contribution in [0.15, 0.2) is 18.2 Å². The van der Waals surface area contributed by atoms with Gasteiger partial charge in [0.25, 0.3) is 0 Å². The maximum absolute atomic E-state index is 13.1. The monoisotopic (exact) mass is 279 g/mol. The quantitative estimate of drug-likeness (QED) is 0.666. The molecule has 1 saturated heterocycles. The van der Waals surface area contributed by atoms with E-state index in [0.717, 1.165) is 6.07 Å². The molecule has 0 amide bonds. The van der Waals surface area contributed by atoms with Crippen LogP contribution in [0.5, 0.6) is 0 Å². The van der Waals surface area contributed by atoms with Crippen molar-refractivity contribution in [2.45, 2.75) is 12.6 Å². The second-order valence-electron chi connectivity index (χ2n) is 4.46. The van der Waals surface area contributed by atoms with E-state index in [1.807, 2.05) is 0 Å². The molecule has 19 heavy (non-hydrogen) atoms. The lowest BCUT2D eigenvalue weighted by molar-refractivity contribution is -0.197. The molecular weight excluding hydrogens is 269 g/mol. The first-order chi connectivity index (χ1) is 8.78. The van der Waals surface area contributed by atoms with Crippen LogP contribution in [0.2, 0.25) is 0 Å². The van der Waals surface area contributed by atoms with Gasteiger partial charge in [-0.2, -0.15) is 13.2 Å². The summed E-state index contributed by atoms with van der Waals surface area (Å²) in [6.07, 6.45) is -5.15. The van der Waals surface area contributed by atoms with Gasteiger partial charge in [-0.1, -0.05) is 0 Å². The fraction of sp³-hybridized carbons (Fsp3) is 0.417.